The molecule has 0 aliphatic carbocycles. The lowest BCUT2D eigenvalue weighted by Crippen LogP contribution is -2.30. The van der Waals surface area contributed by atoms with E-state index < -0.39 is 91.5 Å². The number of rotatable bonds is 60. The summed E-state index contributed by atoms with van der Waals surface area (Å²) >= 11 is 0. The van der Waals surface area contributed by atoms with Crippen molar-refractivity contribution in [3.05, 3.63) is 36.5 Å². The van der Waals surface area contributed by atoms with E-state index in [9.17, 15) is 43.5 Å². The largest absolute Gasteiger partial charge is 0.472 e. The Balaban J connectivity index is 4.67. The first-order valence-corrected chi connectivity index (χ1v) is 34.3. The number of carbonyl (C=O) groups is 3. The molecule has 5 atom stereocenters. The number of unbranched alkanes of at least 4 members (excludes halogenated alkanes) is 31. The van der Waals surface area contributed by atoms with Crippen molar-refractivity contribution in [2.45, 2.75) is 296 Å². The zero-order valence-electron chi connectivity index (χ0n) is 49.8. The van der Waals surface area contributed by atoms with Gasteiger partial charge in [-0.3, -0.25) is 32.5 Å². The highest BCUT2D eigenvalue weighted by Crippen LogP contribution is 2.45. The number of allylic oxidation sites excluding steroid dienone is 6. The quantitative estimate of drug-likeness (QED) is 0.0146. The first kappa shape index (κ1) is 76.8. The molecular formula is C61H114O16P2. The molecule has 5 unspecified atom stereocenters. The van der Waals surface area contributed by atoms with Gasteiger partial charge in [-0.25, -0.2) is 9.13 Å². The van der Waals surface area contributed by atoms with Crippen LogP contribution in [0, 0.1) is 0 Å². The lowest BCUT2D eigenvalue weighted by atomic mass is 10.0. The van der Waals surface area contributed by atoms with Crippen molar-refractivity contribution in [2.75, 3.05) is 39.6 Å². The lowest BCUT2D eigenvalue weighted by molar-refractivity contribution is -0.161. The van der Waals surface area contributed by atoms with Crippen molar-refractivity contribution in [1.82, 2.24) is 0 Å². The summed E-state index contributed by atoms with van der Waals surface area (Å²) in [5, 5.41) is 20.5. The molecule has 0 bridgehead atoms. The van der Waals surface area contributed by atoms with Gasteiger partial charge >= 0.3 is 33.6 Å². The highest BCUT2D eigenvalue weighted by atomic mass is 31.2. The van der Waals surface area contributed by atoms with Gasteiger partial charge in [-0.2, -0.15) is 0 Å². The lowest BCUT2D eigenvalue weighted by Gasteiger charge is -2.21. The summed E-state index contributed by atoms with van der Waals surface area (Å²) in [5.74, 6) is -1.58. The Morgan fingerprint density at radius 1 is 0.354 bits per heavy atom. The molecule has 0 heterocycles. The van der Waals surface area contributed by atoms with Gasteiger partial charge < -0.3 is 34.2 Å². The average Bonchev–Trinajstić information content (AvgIpc) is 3.42. The van der Waals surface area contributed by atoms with Crippen LogP contribution in [-0.2, 0) is 55.8 Å². The number of phosphoric acid groups is 2. The fourth-order valence-electron chi connectivity index (χ4n) is 8.49. The molecule has 0 aromatic heterocycles. The molecule has 18 heteroatoms. The molecule has 0 saturated heterocycles. The van der Waals surface area contributed by atoms with Crippen molar-refractivity contribution in [3.63, 3.8) is 0 Å². The van der Waals surface area contributed by atoms with Gasteiger partial charge in [0.2, 0.25) is 0 Å². The van der Waals surface area contributed by atoms with E-state index in [-0.39, 0.29) is 19.3 Å². The third kappa shape index (κ3) is 57.4. The second-order valence-corrected chi connectivity index (χ2v) is 24.1. The summed E-state index contributed by atoms with van der Waals surface area (Å²) in [4.78, 5) is 58.1. The van der Waals surface area contributed by atoms with Crippen molar-refractivity contribution in [3.8, 4) is 0 Å². The Morgan fingerprint density at radius 3 is 1.05 bits per heavy atom. The maximum absolute atomic E-state index is 12.9. The molecule has 4 N–H and O–H groups in total. The van der Waals surface area contributed by atoms with Crippen LogP contribution in [0.15, 0.2) is 36.5 Å². The molecule has 16 nitrogen and oxygen atoms in total. The van der Waals surface area contributed by atoms with Crippen LogP contribution in [0.4, 0.5) is 0 Å². The van der Waals surface area contributed by atoms with Crippen LogP contribution in [0.1, 0.15) is 278 Å². The summed E-state index contributed by atoms with van der Waals surface area (Å²) in [7, 11) is -9.75. The van der Waals surface area contributed by atoms with Crippen molar-refractivity contribution in [1.29, 1.82) is 0 Å². The van der Waals surface area contributed by atoms with Crippen LogP contribution in [0.2, 0.25) is 0 Å². The monoisotopic (exact) mass is 1160 g/mol. The van der Waals surface area contributed by atoms with E-state index in [1.807, 2.05) is 0 Å². The minimum Gasteiger partial charge on any atom is -0.463 e. The standard InChI is InChI=1S/C61H114O16P2/c1-4-7-10-13-16-19-22-25-27-30-32-35-38-41-44-47-59(64)71-50-56(62)51-73-78(67,68)74-52-57(63)53-75-79(69,70)76-55-58(77-61(66)49-46-43-40-37-34-29-24-21-18-15-12-9-6-3)54-72-60(65)48-45-42-39-36-33-31-28-26-23-20-17-14-11-8-5-2/h12,15,21,24-25,27,56-58,62-63H,4-11,13-14,16-20,22-23,26,28-55H2,1-3H3,(H,67,68)(H,69,70)/b15-12-,24-21-,27-25-. The van der Waals surface area contributed by atoms with Crippen molar-refractivity contribution >= 4 is 33.6 Å². The van der Waals surface area contributed by atoms with Crippen LogP contribution in [0.5, 0.6) is 0 Å². The first-order valence-electron chi connectivity index (χ1n) is 31.3. The second kappa shape index (κ2) is 56.3. The maximum atomic E-state index is 12.9. The topological polar surface area (TPSA) is 231 Å². The van der Waals surface area contributed by atoms with E-state index in [0.29, 0.717) is 19.3 Å². The summed E-state index contributed by atoms with van der Waals surface area (Å²) in [6, 6.07) is 0. The number of phosphoric ester groups is 2. The number of hydrogen-bond donors (Lipinski definition) is 4. The van der Waals surface area contributed by atoms with Gasteiger partial charge in [0.1, 0.15) is 25.4 Å². The Labute approximate surface area is 479 Å². The van der Waals surface area contributed by atoms with E-state index in [0.717, 1.165) is 109 Å². The number of carbonyl (C=O) groups excluding carboxylic acids is 3. The molecule has 0 amide bonds. The predicted octanol–water partition coefficient (Wildman–Crippen LogP) is 16.3. The van der Waals surface area contributed by atoms with E-state index in [1.54, 1.807) is 0 Å². The van der Waals surface area contributed by atoms with Crippen molar-refractivity contribution < 1.29 is 75.8 Å². The minimum absolute atomic E-state index is 0.0934. The molecule has 0 aliphatic rings. The summed E-state index contributed by atoms with van der Waals surface area (Å²) in [6.45, 7) is 2.59. The Kier molecular flexibility index (Phi) is 54.7. The second-order valence-electron chi connectivity index (χ2n) is 21.2. The molecule has 79 heavy (non-hydrogen) atoms. The fourth-order valence-corrected chi connectivity index (χ4v) is 10.1. The molecule has 464 valence electrons. The van der Waals surface area contributed by atoms with Gasteiger partial charge in [0.15, 0.2) is 6.10 Å². The SMILES string of the molecule is CCC/C=C\C/C=C\CCCCCCCC(=O)OC(COC(=O)CCCCCCCCCCCCCCCCC)COP(=O)(O)OCC(O)COP(=O)(O)OCC(O)COC(=O)CCCCCCC/C=C\CCCCCCCC. The van der Waals surface area contributed by atoms with Gasteiger partial charge in [0.05, 0.1) is 26.4 Å². The van der Waals surface area contributed by atoms with E-state index in [1.165, 1.54) is 109 Å². The van der Waals surface area contributed by atoms with E-state index in [4.69, 9.17) is 32.3 Å². The highest BCUT2D eigenvalue weighted by molar-refractivity contribution is 7.47. The highest BCUT2D eigenvalue weighted by Gasteiger charge is 2.29. The maximum Gasteiger partial charge on any atom is 0.472 e. The Bertz CT molecular complexity index is 1610. The molecule has 0 fully saturated rings. The molecule has 0 saturated carbocycles. The summed E-state index contributed by atoms with van der Waals surface area (Å²) in [6.07, 6.45) is 50.7. The van der Waals surface area contributed by atoms with Crippen LogP contribution in [-0.4, -0.2) is 95.9 Å². The molecule has 0 aromatic rings. The van der Waals surface area contributed by atoms with E-state index >= 15 is 0 Å². The Morgan fingerprint density at radius 2 is 0.658 bits per heavy atom. The summed E-state index contributed by atoms with van der Waals surface area (Å²) < 4.78 is 60.6. The molecule has 0 rings (SSSR count). The molecular weight excluding hydrogens is 1050 g/mol. The van der Waals surface area contributed by atoms with Crippen LogP contribution in [0.3, 0.4) is 0 Å². The van der Waals surface area contributed by atoms with Crippen LogP contribution in [0.25, 0.3) is 0 Å². The van der Waals surface area contributed by atoms with Crippen molar-refractivity contribution in [2.24, 2.45) is 0 Å². The molecule has 0 radical (unpaired) electrons. The van der Waals surface area contributed by atoms with Crippen LogP contribution < -0.4 is 0 Å². The molecule has 0 aliphatic heterocycles. The van der Waals surface area contributed by atoms with Gasteiger partial charge in [0.25, 0.3) is 0 Å². The average molecular weight is 1170 g/mol. The number of ether oxygens (including phenoxy) is 3. The van der Waals surface area contributed by atoms with Gasteiger partial charge in [-0.05, 0) is 70.6 Å². The summed E-state index contributed by atoms with van der Waals surface area (Å²) in [5.41, 5.74) is 0. The van der Waals surface area contributed by atoms with Crippen LogP contribution >= 0.6 is 15.6 Å². The normalized spacial score (nSPS) is 14.7. The van der Waals surface area contributed by atoms with Gasteiger partial charge in [0, 0.05) is 19.3 Å². The predicted molar refractivity (Wildman–Crippen MR) is 316 cm³/mol. The van der Waals surface area contributed by atoms with Gasteiger partial charge in [-0.15, -0.1) is 0 Å². The first-order chi connectivity index (χ1) is 38.2. The molecule has 0 aromatic carbocycles. The third-order valence-electron chi connectivity index (χ3n) is 13.3. The zero-order valence-corrected chi connectivity index (χ0v) is 51.6. The third-order valence-corrected chi connectivity index (χ3v) is 15.2. The number of hydrogen-bond acceptors (Lipinski definition) is 14. The molecule has 0 spiro atoms. The smallest absolute Gasteiger partial charge is 0.463 e. The fraction of sp³-hybridized carbons (Fsp3) is 0.852. The minimum atomic E-state index is -4.91. The zero-order chi connectivity index (χ0) is 58.2. The van der Waals surface area contributed by atoms with Gasteiger partial charge in [-0.1, -0.05) is 224 Å². The number of aliphatic hydroxyl groups is 2. The number of esters is 3. The van der Waals surface area contributed by atoms with E-state index in [2.05, 4.69) is 57.2 Å². The Hall–Kier alpha value is -2.23. The number of aliphatic hydroxyl groups excluding tert-OH is 2.